The first-order valence-corrected chi connectivity index (χ1v) is 7.87. The number of urea groups is 1. The van der Waals surface area contributed by atoms with E-state index in [1.807, 2.05) is 43.9 Å². The van der Waals surface area contributed by atoms with Crippen molar-refractivity contribution in [3.05, 3.63) is 23.8 Å². The summed E-state index contributed by atoms with van der Waals surface area (Å²) in [6.07, 6.45) is 2.91. The number of amides is 3. The topological polar surface area (TPSA) is 61.4 Å². The Morgan fingerprint density at radius 2 is 1.95 bits per heavy atom. The molecular formula is C17H23N3O2. The lowest BCUT2D eigenvalue weighted by atomic mass is 10.1. The van der Waals surface area contributed by atoms with Gasteiger partial charge in [-0.05, 0) is 57.7 Å². The predicted octanol–water partition coefficient (Wildman–Crippen LogP) is 2.91. The van der Waals surface area contributed by atoms with Gasteiger partial charge in [0.15, 0.2) is 0 Å². The van der Waals surface area contributed by atoms with Crippen molar-refractivity contribution in [2.75, 3.05) is 16.8 Å². The molecule has 0 atom stereocenters. The molecule has 22 heavy (non-hydrogen) atoms. The van der Waals surface area contributed by atoms with Crippen LogP contribution in [0, 0.1) is 5.92 Å². The molecule has 1 saturated carbocycles. The molecule has 1 aromatic rings. The molecule has 5 heteroatoms. The highest BCUT2D eigenvalue weighted by Crippen LogP contribution is 2.37. The molecule has 1 heterocycles. The Hall–Kier alpha value is -2.04. The van der Waals surface area contributed by atoms with Crippen LogP contribution in [0.25, 0.3) is 0 Å². The molecule has 0 bridgehead atoms. The van der Waals surface area contributed by atoms with Crippen LogP contribution in [0.5, 0.6) is 0 Å². The molecule has 0 radical (unpaired) electrons. The molecule has 0 spiro atoms. The molecule has 118 valence electrons. The van der Waals surface area contributed by atoms with Gasteiger partial charge in [0.2, 0.25) is 5.91 Å². The molecule has 0 unspecified atom stereocenters. The van der Waals surface area contributed by atoms with Crippen LogP contribution in [0.1, 0.15) is 39.2 Å². The number of rotatable bonds is 2. The number of anilines is 2. The smallest absolute Gasteiger partial charge is 0.319 e. The number of benzene rings is 1. The van der Waals surface area contributed by atoms with Gasteiger partial charge in [0.25, 0.3) is 0 Å². The maximum absolute atomic E-state index is 12.3. The van der Waals surface area contributed by atoms with E-state index in [-0.39, 0.29) is 23.4 Å². The average molecular weight is 301 g/mol. The van der Waals surface area contributed by atoms with Crippen LogP contribution in [-0.2, 0) is 11.2 Å². The third-order valence-corrected chi connectivity index (χ3v) is 3.92. The van der Waals surface area contributed by atoms with Crippen LogP contribution in [0.15, 0.2) is 18.2 Å². The monoisotopic (exact) mass is 301 g/mol. The van der Waals surface area contributed by atoms with E-state index in [2.05, 4.69) is 10.6 Å². The van der Waals surface area contributed by atoms with E-state index in [1.165, 1.54) is 5.56 Å². The molecule has 2 N–H and O–H groups in total. The fourth-order valence-corrected chi connectivity index (χ4v) is 2.74. The predicted molar refractivity (Wildman–Crippen MR) is 87.1 cm³/mol. The Morgan fingerprint density at radius 3 is 2.59 bits per heavy atom. The summed E-state index contributed by atoms with van der Waals surface area (Å²) in [5, 5.41) is 5.71. The minimum atomic E-state index is -0.283. The van der Waals surface area contributed by atoms with Gasteiger partial charge in [-0.1, -0.05) is 6.07 Å². The van der Waals surface area contributed by atoms with Crippen molar-refractivity contribution in [2.24, 2.45) is 5.92 Å². The van der Waals surface area contributed by atoms with Gasteiger partial charge >= 0.3 is 6.03 Å². The molecule has 1 fully saturated rings. The number of nitrogens with zero attached hydrogens (tertiary/aromatic N) is 1. The lowest BCUT2D eigenvalue weighted by Crippen LogP contribution is -2.43. The normalized spacial score (nSPS) is 17.1. The van der Waals surface area contributed by atoms with E-state index in [1.54, 1.807) is 0 Å². The molecule has 5 nitrogen and oxygen atoms in total. The third-order valence-electron chi connectivity index (χ3n) is 3.92. The van der Waals surface area contributed by atoms with E-state index >= 15 is 0 Å². The second-order valence-corrected chi connectivity index (χ2v) is 7.19. The summed E-state index contributed by atoms with van der Waals surface area (Å²) in [5.74, 6) is 0.446. The summed E-state index contributed by atoms with van der Waals surface area (Å²) < 4.78 is 0. The van der Waals surface area contributed by atoms with Crippen molar-refractivity contribution in [2.45, 2.75) is 45.6 Å². The van der Waals surface area contributed by atoms with E-state index in [9.17, 15) is 9.59 Å². The highest BCUT2D eigenvalue weighted by Gasteiger charge is 2.36. The Labute approximate surface area is 131 Å². The van der Waals surface area contributed by atoms with Crippen molar-refractivity contribution in [3.8, 4) is 0 Å². The molecule has 3 amide bonds. The van der Waals surface area contributed by atoms with Crippen molar-refractivity contribution in [1.29, 1.82) is 0 Å². The van der Waals surface area contributed by atoms with Crippen LogP contribution in [0.3, 0.4) is 0 Å². The van der Waals surface area contributed by atoms with Crippen molar-refractivity contribution < 1.29 is 9.59 Å². The van der Waals surface area contributed by atoms with Gasteiger partial charge in [0.05, 0.1) is 0 Å². The Morgan fingerprint density at radius 1 is 1.23 bits per heavy atom. The first kappa shape index (κ1) is 14.9. The SMILES string of the molecule is CC(C)(C)NC(=O)Nc1ccc2c(c1)N(C(=O)C1CC1)CC2. The van der Waals surface area contributed by atoms with Gasteiger partial charge in [0.1, 0.15) is 0 Å². The third kappa shape index (κ3) is 3.24. The summed E-state index contributed by atoms with van der Waals surface area (Å²) in [7, 11) is 0. The Bertz CT molecular complexity index is 615. The molecule has 1 aromatic carbocycles. The second-order valence-electron chi connectivity index (χ2n) is 7.19. The van der Waals surface area contributed by atoms with Crippen LogP contribution in [0.4, 0.5) is 16.2 Å². The molecule has 1 aliphatic carbocycles. The summed E-state index contributed by atoms with van der Waals surface area (Å²) >= 11 is 0. The Balaban J connectivity index is 1.74. The van der Waals surface area contributed by atoms with Gasteiger partial charge in [-0.15, -0.1) is 0 Å². The van der Waals surface area contributed by atoms with Crippen LogP contribution < -0.4 is 15.5 Å². The minimum absolute atomic E-state index is 0.215. The van der Waals surface area contributed by atoms with Gasteiger partial charge in [-0.3, -0.25) is 4.79 Å². The fraction of sp³-hybridized carbons (Fsp3) is 0.529. The lowest BCUT2D eigenvalue weighted by molar-refractivity contribution is -0.119. The summed E-state index contributed by atoms with van der Waals surface area (Å²) in [6, 6.07) is 5.57. The van der Waals surface area contributed by atoms with E-state index in [4.69, 9.17) is 0 Å². The molecule has 3 rings (SSSR count). The molecular weight excluding hydrogens is 278 g/mol. The molecule has 0 saturated heterocycles. The van der Waals surface area contributed by atoms with E-state index in [0.29, 0.717) is 0 Å². The maximum atomic E-state index is 12.3. The highest BCUT2D eigenvalue weighted by atomic mass is 16.2. The number of carbonyl (C=O) groups is 2. The molecule has 2 aliphatic rings. The van der Waals surface area contributed by atoms with Crippen LogP contribution in [0.2, 0.25) is 0 Å². The van der Waals surface area contributed by atoms with Gasteiger partial charge < -0.3 is 15.5 Å². The van der Waals surface area contributed by atoms with Crippen molar-refractivity contribution in [1.82, 2.24) is 5.32 Å². The zero-order valence-electron chi connectivity index (χ0n) is 13.4. The quantitative estimate of drug-likeness (QED) is 0.882. The standard InChI is InChI=1S/C17H23N3O2/c1-17(2,3)19-16(22)18-13-7-6-11-8-9-20(14(11)10-13)15(21)12-4-5-12/h6-7,10,12H,4-5,8-9H2,1-3H3,(H2,18,19,22). The van der Waals surface area contributed by atoms with E-state index < -0.39 is 0 Å². The van der Waals surface area contributed by atoms with Crippen molar-refractivity contribution >= 4 is 23.3 Å². The first-order valence-electron chi connectivity index (χ1n) is 7.87. The number of carbonyl (C=O) groups excluding carboxylic acids is 2. The average Bonchev–Trinajstić information content (AvgIpc) is 3.16. The second kappa shape index (κ2) is 5.30. The summed E-state index contributed by atoms with van der Waals surface area (Å²) in [4.78, 5) is 26.2. The van der Waals surface area contributed by atoms with Gasteiger partial charge in [-0.25, -0.2) is 4.79 Å². The number of hydrogen-bond donors (Lipinski definition) is 2. The summed E-state index contributed by atoms with van der Waals surface area (Å²) in [5.41, 5.74) is 2.56. The molecule has 1 aliphatic heterocycles. The lowest BCUT2D eigenvalue weighted by Gasteiger charge is -2.21. The largest absolute Gasteiger partial charge is 0.333 e. The number of fused-ring (bicyclic) bond motifs is 1. The van der Waals surface area contributed by atoms with Gasteiger partial charge in [0, 0.05) is 29.4 Å². The maximum Gasteiger partial charge on any atom is 0.319 e. The van der Waals surface area contributed by atoms with Crippen molar-refractivity contribution in [3.63, 3.8) is 0 Å². The van der Waals surface area contributed by atoms with Crippen LogP contribution in [-0.4, -0.2) is 24.0 Å². The number of nitrogens with one attached hydrogen (secondary N) is 2. The minimum Gasteiger partial charge on any atom is -0.333 e. The zero-order chi connectivity index (χ0) is 15.9. The molecule has 0 aromatic heterocycles. The van der Waals surface area contributed by atoms with Crippen LogP contribution >= 0.6 is 0 Å². The highest BCUT2D eigenvalue weighted by molar-refractivity contribution is 5.99. The van der Waals surface area contributed by atoms with Gasteiger partial charge in [-0.2, -0.15) is 0 Å². The first-order chi connectivity index (χ1) is 10.3. The summed E-state index contributed by atoms with van der Waals surface area (Å²) in [6.45, 7) is 6.56. The zero-order valence-corrected chi connectivity index (χ0v) is 13.4. The van der Waals surface area contributed by atoms with E-state index in [0.717, 1.165) is 37.2 Å². The number of hydrogen-bond acceptors (Lipinski definition) is 2. The Kier molecular flexibility index (Phi) is 3.59. The fourth-order valence-electron chi connectivity index (χ4n) is 2.74.